The smallest absolute Gasteiger partial charge is 0.0402 e. The second-order valence-corrected chi connectivity index (χ2v) is 5.57. The summed E-state index contributed by atoms with van der Waals surface area (Å²) >= 11 is 1.87. The SMILES string of the molecule is C=C=C(C)C1=C(C=NC)c2sc(C)c(C)c2C1. The maximum Gasteiger partial charge on any atom is 0.0402 e. The number of rotatable bonds is 2. The van der Waals surface area contributed by atoms with Crippen LogP contribution in [0.15, 0.2) is 28.4 Å². The van der Waals surface area contributed by atoms with Crippen molar-refractivity contribution < 1.29 is 0 Å². The zero-order valence-corrected chi connectivity index (χ0v) is 11.7. The van der Waals surface area contributed by atoms with Crippen LogP contribution in [0.1, 0.15) is 27.8 Å². The highest BCUT2D eigenvalue weighted by atomic mass is 32.1. The fourth-order valence-corrected chi connectivity index (χ4v) is 3.44. The van der Waals surface area contributed by atoms with E-state index in [0.29, 0.717) is 0 Å². The Morgan fingerprint density at radius 2 is 2.18 bits per heavy atom. The zero-order chi connectivity index (χ0) is 12.6. The number of aryl methyl sites for hydroxylation is 1. The number of hydrogen-bond donors (Lipinski definition) is 0. The normalized spacial score (nSPS) is 14.4. The molecule has 0 bridgehead atoms. The number of hydrogen-bond acceptors (Lipinski definition) is 2. The van der Waals surface area contributed by atoms with Gasteiger partial charge in [-0.25, -0.2) is 0 Å². The molecule has 0 spiro atoms. The van der Waals surface area contributed by atoms with E-state index in [0.717, 1.165) is 12.0 Å². The van der Waals surface area contributed by atoms with Crippen molar-refractivity contribution >= 4 is 23.1 Å². The van der Waals surface area contributed by atoms with Crippen molar-refractivity contribution in [1.82, 2.24) is 0 Å². The molecular formula is C15H17NS. The molecule has 1 aliphatic rings. The van der Waals surface area contributed by atoms with Gasteiger partial charge in [-0.1, -0.05) is 6.58 Å². The lowest BCUT2D eigenvalue weighted by Crippen LogP contribution is -1.89. The first kappa shape index (κ1) is 12.1. The van der Waals surface area contributed by atoms with E-state index < -0.39 is 0 Å². The average molecular weight is 243 g/mol. The third kappa shape index (κ3) is 1.84. The van der Waals surface area contributed by atoms with Crippen molar-refractivity contribution in [3.05, 3.63) is 44.3 Å². The lowest BCUT2D eigenvalue weighted by molar-refractivity contribution is 1.17. The van der Waals surface area contributed by atoms with Crippen molar-refractivity contribution in [3.8, 4) is 0 Å². The molecule has 17 heavy (non-hydrogen) atoms. The summed E-state index contributed by atoms with van der Waals surface area (Å²) in [6.45, 7) is 10.2. The van der Waals surface area contributed by atoms with Crippen LogP contribution in [0.3, 0.4) is 0 Å². The molecule has 0 saturated carbocycles. The van der Waals surface area contributed by atoms with Gasteiger partial charge in [0.25, 0.3) is 0 Å². The largest absolute Gasteiger partial charge is 0.296 e. The highest BCUT2D eigenvalue weighted by Crippen LogP contribution is 2.42. The standard InChI is InChI=1S/C15H17NS/c1-6-9(2)12-7-13-10(3)11(4)17-15(13)14(12)8-16-5/h8H,1,7H2,2-5H3. The summed E-state index contributed by atoms with van der Waals surface area (Å²) < 4.78 is 0. The van der Waals surface area contributed by atoms with Gasteiger partial charge in [-0.15, -0.1) is 17.1 Å². The number of nitrogens with zero attached hydrogens (tertiary/aromatic N) is 1. The van der Waals surface area contributed by atoms with Crippen LogP contribution in [0.25, 0.3) is 5.57 Å². The molecule has 0 unspecified atom stereocenters. The molecule has 88 valence electrons. The summed E-state index contributed by atoms with van der Waals surface area (Å²) in [4.78, 5) is 6.98. The minimum atomic E-state index is 1.00. The summed E-state index contributed by atoms with van der Waals surface area (Å²) in [5, 5.41) is 0. The summed E-state index contributed by atoms with van der Waals surface area (Å²) in [7, 11) is 1.82. The van der Waals surface area contributed by atoms with Gasteiger partial charge >= 0.3 is 0 Å². The lowest BCUT2D eigenvalue weighted by atomic mass is 10.0. The molecule has 1 nitrogen and oxygen atoms in total. The molecule has 0 atom stereocenters. The third-order valence-corrected chi connectivity index (χ3v) is 4.69. The average Bonchev–Trinajstić information content (AvgIpc) is 2.79. The van der Waals surface area contributed by atoms with Gasteiger partial charge in [0.05, 0.1) is 0 Å². The highest BCUT2D eigenvalue weighted by Gasteiger charge is 2.25. The fraction of sp³-hybridized carbons (Fsp3) is 0.333. The number of fused-ring (bicyclic) bond motifs is 1. The van der Waals surface area contributed by atoms with Crippen LogP contribution in [-0.2, 0) is 6.42 Å². The molecule has 1 aromatic heterocycles. The van der Waals surface area contributed by atoms with Gasteiger partial charge in [-0.05, 0) is 43.0 Å². The zero-order valence-electron chi connectivity index (χ0n) is 10.8. The van der Waals surface area contributed by atoms with Crippen molar-refractivity contribution in [1.29, 1.82) is 0 Å². The molecule has 0 fully saturated rings. The Labute approximate surface area is 107 Å². The highest BCUT2D eigenvalue weighted by molar-refractivity contribution is 7.13. The third-order valence-electron chi connectivity index (χ3n) is 3.41. The van der Waals surface area contributed by atoms with Crippen LogP contribution < -0.4 is 0 Å². The van der Waals surface area contributed by atoms with E-state index in [4.69, 9.17) is 0 Å². The Kier molecular flexibility index (Phi) is 3.19. The van der Waals surface area contributed by atoms with E-state index in [2.05, 4.69) is 38.1 Å². The fourth-order valence-electron chi connectivity index (χ4n) is 2.22. The number of aliphatic imine (C=N–C) groups is 1. The van der Waals surface area contributed by atoms with Crippen LogP contribution in [-0.4, -0.2) is 13.3 Å². The molecule has 2 heteroatoms. The van der Waals surface area contributed by atoms with Crippen LogP contribution in [0.5, 0.6) is 0 Å². The number of allylic oxidation sites excluding steroid dienone is 3. The molecule has 0 saturated heterocycles. The van der Waals surface area contributed by atoms with E-state index in [-0.39, 0.29) is 0 Å². The molecule has 1 aromatic rings. The van der Waals surface area contributed by atoms with E-state index >= 15 is 0 Å². The first-order valence-electron chi connectivity index (χ1n) is 5.71. The Balaban J connectivity index is 2.65. The van der Waals surface area contributed by atoms with Gasteiger partial charge < -0.3 is 0 Å². The predicted molar refractivity (Wildman–Crippen MR) is 77.2 cm³/mol. The maximum atomic E-state index is 4.18. The van der Waals surface area contributed by atoms with Crippen LogP contribution in [0.2, 0.25) is 0 Å². The second kappa shape index (κ2) is 4.48. The van der Waals surface area contributed by atoms with Crippen molar-refractivity contribution in [3.63, 3.8) is 0 Å². The molecule has 2 rings (SSSR count). The molecule has 1 aliphatic carbocycles. The molecule has 0 aromatic carbocycles. The maximum absolute atomic E-state index is 4.18. The van der Waals surface area contributed by atoms with Gasteiger partial charge in [-0.2, -0.15) is 0 Å². The van der Waals surface area contributed by atoms with Gasteiger partial charge in [0.2, 0.25) is 0 Å². The summed E-state index contributed by atoms with van der Waals surface area (Å²) in [5.74, 6) is 0. The second-order valence-electron chi connectivity index (χ2n) is 4.35. The Morgan fingerprint density at radius 3 is 2.76 bits per heavy atom. The van der Waals surface area contributed by atoms with Gasteiger partial charge in [0.15, 0.2) is 0 Å². The van der Waals surface area contributed by atoms with Gasteiger partial charge in [-0.3, -0.25) is 4.99 Å². The lowest BCUT2D eigenvalue weighted by Gasteiger charge is -2.03. The Hall–Kier alpha value is -1.37. The van der Waals surface area contributed by atoms with Crippen LogP contribution >= 0.6 is 11.3 Å². The van der Waals surface area contributed by atoms with E-state index in [1.54, 1.807) is 0 Å². The van der Waals surface area contributed by atoms with Crippen molar-refractivity contribution in [2.75, 3.05) is 7.05 Å². The Morgan fingerprint density at radius 1 is 1.47 bits per heavy atom. The molecule has 0 aliphatic heterocycles. The van der Waals surface area contributed by atoms with E-state index in [9.17, 15) is 0 Å². The van der Waals surface area contributed by atoms with Gasteiger partial charge in [0, 0.05) is 35.0 Å². The van der Waals surface area contributed by atoms with Crippen LogP contribution in [0, 0.1) is 13.8 Å². The topological polar surface area (TPSA) is 12.4 Å². The van der Waals surface area contributed by atoms with Gasteiger partial charge in [0.1, 0.15) is 0 Å². The monoisotopic (exact) mass is 243 g/mol. The quantitative estimate of drug-likeness (QED) is 0.547. The summed E-state index contributed by atoms with van der Waals surface area (Å²) in [6, 6.07) is 0. The molecule has 1 heterocycles. The molecular weight excluding hydrogens is 226 g/mol. The van der Waals surface area contributed by atoms with Crippen molar-refractivity contribution in [2.24, 2.45) is 4.99 Å². The molecule has 0 N–H and O–H groups in total. The Bertz CT molecular complexity index is 578. The first-order chi connectivity index (χ1) is 8.10. The summed E-state index contributed by atoms with van der Waals surface area (Å²) in [5.41, 5.74) is 9.63. The summed E-state index contributed by atoms with van der Waals surface area (Å²) in [6.07, 6.45) is 2.97. The van der Waals surface area contributed by atoms with Crippen LogP contribution in [0.4, 0.5) is 0 Å². The minimum Gasteiger partial charge on any atom is -0.296 e. The predicted octanol–water partition coefficient (Wildman–Crippen LogP) is 4.11. The first-order valence-corrected chi connectivity index (χ1v) is 6.53. The van der Waals surface area contributed by atoms with E-state index in [1.165, 1.54) is 32.0 Å². The number of thiophene rings is 1. The minimum absolute atomic E-state index is 1.00. The molecule has 0 amide bonds. The van der Waals surface area contributed by atoms with Crippen molar-refractivity contribution in [2.45, 2.75) is 27.2 Å². The van der Waals surface area contributed by atoms with E-state index in [1.807, 2.05) is 24.6 Å². The molecule has 0 radical (unpaired) electrons.